The lowest BCUT2D eigenvalue weighted by molar-refractivity contribution is -0.276. The minimum absolute atomic E-state index is 0.000188. The van der Waals surface area contributed by atoms with Gasteiger partial charge in [-0.25, -0.2) is 4.79 Å². The first-order valence-electron chi connectivity index (χ1n) is 18.2. The second-order valence-electron chi connectivity index (χ2n) is 13.5. The number of ether oxygens (including phenoxy) is 3. The summed E-state index contributed by atoms with van der Waals surface area (Å²) in [6.07, 6.45) is -0.794. The van der Waals surface area contributed by atoms with Gasteiger partial charge in [-0.05, 0) is 40.3 Å². The van der Waals surface area contributed by atoms with Crippen LogP contribution in [0.1, 0.15) is 54.1 Å². The molecule has 0 aliphatic carbocycles. The Kier molecular flexibility index (Phi) is 13.1. The zero-order chi connectivity index (χ0) is 36.3. The third-order valence-electron chi connectivity index (χ3n) is 9.92. The lowest BCUT2D eigenvalue weighted by atomic mass is 9.89. The minimum Gasteiger partial charge on any atom is -0.465 e. The molecule has 0 saturated carbocycles. The highest BCUT2D eigenvalue weighted by Crippen LogP contribution is 2.42. The Morgan fingerprint density at radius 2 is 1.46 bits per heavy atom. The van der Waals surface area contributed by atoms with E-state index >= 15 is 0 Å². The average Bonchev–Trinajstić information content (AvgIpc) is 3.18. The molecule has 2 aliphatic rings. The first-order chi connectivity index (χ1) is 25.4. The fourth-order valence-electron chi connectivity index (χ4n) is 6.93. The van der Waals surface area contributed by atoms with Gasteiger partial charge in [0.15, 0.2) is 6.29 Å². The summed E-state index contributed by atoms with van der Waals surface area (Å²) in [6.45, 7) is 10.1. The number of nitrogens with one attached hydrogen (secondary N) is 2. The van der Waals surface area contributed by atoms with E-state index in [1.807, 2.05) is 36.4 Å². The van der Waals surface area contributed by atoms with Crippen LogP contribution >= 0.6 is 0 Å². The van der Waals surface area contributed by atoms with E-state index in [-0.39, 0.29) is 44.4 Å². The van der Waals surface area contributed by atoms with Crippen molar-refractivity contribution in [1.29, 1.82) is 0 Å². The van der Waals surface area contributed by atoms with E-state index in [2.05, 4.69) is 94.1 Å². The number of aliphatic hydroxyl groups is 1. The van der Waals surface area contributed by atoms with Crippen molar-refractivity contribution in [3.05, 3.63) is 131 Å². The van der Waals surface area contributed by atoms with Crippen LogP contribution < -0.4 is 10.6 Å². The van der Waals surface area contributed by atoms with E-state index in [1.54, 1.807) is 6.92 Å². The van der Waals surface area contributed by atoms with E-state index in [1.165, 1.54) is 5.56 Å². The summed E-state index contributed by atoms with van der Waals surface area (Å²) in [5.74, 6) is -0.375. The number of hydrogen-bond acceptors (Lipinski definition) is 8. The van der Waals surface area contributed by atoms with Crippen LogP contribution in [0.25, 0.3) is 11.1 Å². The van der Waals surface area contributed by atoms with Gasteiger partial charge in [0.2, 0.25) is 0 Å². The molecule has 3 N–H and O–H groups in total. The number of amides is 2. The molecule has 52 heavy (non-hydrogen) atoms. The van der Waals surface area contributed by atoms with Crippen LogP contribution in [0.5, 0.6) is 0 Å². The Hall–Kier alpha value is -4.58. The number of nitrogens with zero attached hydrogens (tertiary/aromatic N) is 2. The van der Waals surface area contributed by atoms with Gasteiger partial charge in [0.25, 0.3) is 0 Å². The van der Waals surface area contributed by atoms with E-state index in [0.717, 1.165) is 72.6 Å². The molecule has 0 unspecified atom stereocenters. The van der Waals surface area contributed by atoms with E-state index in [4.69, 9.17) is 14.2 Å². The fourth-order valence-corrected chi connectivity index (χ4v) is 6.93. The number of carbonyl (C=O) groups excluding carboxylic acids is 2. The van der Waals surface area contributed by atoms with Gasteiger partial charge in [-0.3, -0.25) is 14.6 Å². The van der Waals surface area contributed by atoms with Crippen LogP contribution in [0.4, 0.5) is 4.79 Å². The van der Waals surface area contributed by atoms with Gasteiger partial charge in [0.05, 0.1) is 25.4 Å². The van der Waals surface area contributed by atoms with Crippen molar-refractivity contribution in [3.63, 3.8) is 0 Å². The molecule has 0 spiro atoms. The lowest BCUT2D eigenvalue weighted by Crippen LogP contribution is -2.51. The van der Waals surface area contributed by atoms with Gasteiger partial charge in [0, 0.05) is 57.3 Å². The molecule has 4 aromatic rings. The van der Waals surface area contributed by atoms with Gasteiger partial charge < -0.3 is 30.0 Å². The van der Waals surface area contributed by atoms with Crippen LogP contribution in [-0.2, 0) is 38.7 Å². The van der Waals surface area contributed by atoms with Crippen molar-refractivity contribution in [2.24, 2.45) is 5.92 Å². The SMILES string of the molecule is CCOC(=O)CNC(=O)NCc1ccccc1-c1ccc([C@@H]2O[C@H](CN3CCN(Cc4ccccc4)CC3)[C@H](C)[C@H](c3ccc(CO)cc3)O2)cc1. The van der Waals surface area contributed by atoms with Crippen LogP contribution in [-0.4, -0.2) is 78.9 Å². The van der Waals surface area contributed by atoms with Crippen molar-refractivity contribution < 1.29 is 28.9 Å². The van der Waals surface area contributed by atoms with Crippen molar-refractivity contribution in [1.82, 2.24) is 20.4 Å². The minimum atomic E-state index is -0.558. The summed E-state index contributed by atoms with van der Waals surface area (Å²) >= 11 is 0. The molecule has 2 aliphatic heterocycles. The number of aliphatic hydroxyl groups excluding tert-OH is 1. The molecule has 2 amide bonds. The monoisotopic (exact) mass is 706 g/mol. The molecule has 274 valence electrons. The second kappa shape index (κ2) is 18.3. The van der Waals surface area contributed by atoms with Crippen molar-refractivity contribution in [3.8, 4) is 11.1 Å². The first-order valence-corrected chi connectivity index (χ1v) is 18.2. The predicted molar refractivity (Wildman–Crippen MR) is 200 cm³/mol. The zero-order valence-electron chi connectivity index (χ0n) is 30.1. The molecule has 0 bridgehead atoms. The number of rotatable bonds is 13. The Morgan fingerprint density at radius 1 is 0.788 bits per heavy atom. The molecule has 2 heterocycles. The van der Waals surface area contributed by atoms with Crippen LogP contribution in [0.15, 0.2) is 103 Å². The Labute approximate surface area is 306 Å². The number of benzene rings is 4. The molecule has 4 aromatic carbocycles. The van der Waals surface area contributed by atoms with E-state index in [0.29, 0.717) is 0 Å². The molecule has 6 rings (SSSR count). The number of carbonyl (C=O) groups is 2. The summed E-state index contributed by atoms with van der Waals surface area (Å²) in [6, 6.07) is 34.4. The van der Waals surface area contributed by atoms with E-state index < -0.39 is 18.3 Å². The smallest absolute Gasteiger partial charge is 0.325 e. The molecule has 2 saturated heterocycles. The lowest BCUT2D eigenvalue weighted by Gasteiger charge is -2.44. The Morgan fingerprint density at radius 3 is 2.17 bits per heavy atom. The molecular weight excluding hydrogens is 656 g/mol. The molecular formula is C42H50N4O6. The maximum atomic E-state index is 12.3. The summed E-state index contributed by atoms with van der Waals surface area (Å²) < 4.78 is 18.4. The maximum absolute atomic E-state index is 12.3. The van der Waals surface area contributed by atoms with Gasteiger partial charge in [-0.15, -0.1) is 0 Å². The molecule has 0 radical (unpaired) electrons. The van der Waals surface area contributed by atoms with Crippen molar-refractivity contribution in [2.75, 3.05) is 45.9 Å². The third-order valence-corrected chi connectivity index (χ3v) is 9.92. The molecule has 0 aromatic heterocycles. The molecule has 4 atom stereocenters. The summed E-state index contributed by atoms with van der Waals surface area (Å²) in [5, 5.41) is 15.0. The second-order valence-corrected chi connectivity index (χ2v) is 13.5. The van der Waals surface area contributed by atoms with Gasteiger partial charge >= 0.3 is 12.0 Å². The Bertz CT molecular complexity index is 1730. The van der Waals surface area contributed by atoms with Crippen molar-refractivity contribution >= 4 is 12.0 Å². The summed E-state index contributed by atoms with van der Waals surface area (Å²) in [7, 11) is 0. The fraction of sp³-hybridized carbons (Fsp3) is 0.381. The van der Waals surface area contributed by atoms with Crippen molar-refractivity contribution in [2.45, 2.75) is 52.0 Å². The predicted octanol–water partition coefficient (Wildman–Crippen LogP) is 5.82. The highest BCUT2D eigenvalue weighted by atomic mass is 16.7. The van der Waals surface area contributed by atoms with Gasteiger partial charge in [0.1, 0.15) is 6.54 Å². The number of esters is 1. The molecule has 10 nitrogen and oxygen atoms in total. The topological polar surface area (TPSA) is 113 Å². The van der Waals surface area contributed by atoms with Crippen LogP contribution in [0.2, 0.25) is 0 Å². The molecule has 10 heteroatoms. The highest BCUT2D eigenvalue weighted by molar-refractivity contribution is 5.81. The summed E-state index contributed by atoms with van der Waals surface area (Å²) in [5.41, 5.74) is 7.14. The van der Waals surface area contributed by atoms with Gasteiger partial charge in [-0.1, -0.05) is 110 Å². The first kappa shape index (κ1) is 37.2. The highest BCUT2D eigenvalue weighted by Gasteiger charge is 2.39. The summed E-state index contributed by atoms with van der Waals surface area (Å²) in [4.78, 5) is 29.0. The zero-order valence-corrected chi connectivity index (χ0v) is 30.1. The molecule has 2 fully saturated rings. The van der Waals surface area contributed by atoms with Crippen LogP contribution in [0.3, 0.4) is 0 Å². The standard InChI is InChI=1S/C42H50N4O6/c1-3-50-39(48)26-44-42(49)43-25-36-11-7-8-12-37(36)33-17-19-35(20-18-33)41-51-38(30(2)40(52-41)34-15-13-32(29-47)14-16-34)28-46-23-21-45(22-24-46)27-31-9-5-4-6-10-31/h4-20,30,38,40-41,47H,3,21-29H2,1-2H3,(H2,43,44,49)/t30-,38+,40+,41+/m0/s1. The maximum Gasteiger partial charge on any atom is 0.325 e. The normalized spacial score (nSPS) is 21.0. The van der Waals surface area contributed by atoms with Crippen LogP contribution in [0, 0.1) is 5.92 Å². The quantitative estimate of drug-likeness (QED) is 0.149. The third kappa shape index (κ3) is 9.84. The Balaban J connectivity index is 1.13. The average molecular weight is 707 g/mol. The number of urea groups is 1. The van der Waals surface area contributed by atoms with E-state index in [9.17, 15) is 14.7 Å². The largest absolute Gasteiger partial charge is 0.465 e. The van der Waals surface area contributed by atoms with Gasteiger partial charge in [-0.2, -0.15) is 0 Å². The number of piperazine rings is 1. The number of hydrogen-bond donors (Lipinski definition) is 3.